The molecule has 1 amide bonds. The number of primary amides is 1. The molecule has 0 unspecified atom stereocenters. The number of nitrogens with two attached hydrogens (primary N) is 1. The second-order valence-corrected chi connectivity index (χ2v) is 5.97. The van der Waals surface area contributed by atoms with Crippen molar-refractivity contribution in [3.05, 3.63) is 46.9 Å². The molecule has 1 aliphatic heterocycles. The molecular formula is C16H15ClF2N4O2. The monoisotopic (exact) mass is 368 g/mol. The van der Waals surface area contributed by atoms with Gasteiger partial charge in [-0.2, -0.15) is 0 Å². The summed E-state index contributed by atoms with van der Waals surface area (Å²) in [6, 6.07) is 3.23. The summed E-state index contributed by atoms with van der Waals surface area (Å²) >= 11 is 6.07. The SMILES string of the molecule is NC(=O)c1cnc(N2CCC(Oc3ccc(F)cc3F)CC2)c(Cl)n1. The van der Waals surface area contributed by atoms with Crippen LogP contribution >= 0.6 is 11.6 Å². The fourth-order valence-electron chi connectivity index (χ4n) is 2.63. The molecule has 0 spiro atoms. The molecule has 9 heteroatoms. The first-order valence-corrected chi connectivity index (χ1v) is 8.01. The van der Waals surface area contributed by atoms with Gasteiger partial charge in [0.15, 0.2) is 22.5 Å². The van der Waals surface area contributed by atoms with E-state index in [0.717, 1.165) is 12.1 Å². The van der Waals surface area contributed by atoms with Gasteiger partial charge in [0.25, 0.3) is 5.91 Å². The summed E-state index contributed by atoms with van der Waals surface area (Å²) < 4.78 is 32.2. The summed E-state index contributed by atoms with van der Waals surface area (Å²) in [6.07, 6.45) is 2.28. The van der Waals surface area contributed by atoms with Gasteiger partial charge in [0, 0.05) is 32.0 Å². The minimum absolute atomic E-state index is 0.00115. The molecule has 0 saturated carbocycles. The van der Waals surface area contributed by atoms with Gasteiger partial charge < -0.3 is 15.4 Å². The van der Waals surface area contributed by atoms with Gasteiger partial charge in [0.2, 0.25) is 0 Å². The lowest BCUT2D eigenvalue weighted by molar-refractivity contribution is 0.0995. The largest absolute Gasteiger partial charge is 0.487 e. The number of hydrogen-bond donors (Lipinski definition) is 1. The summed E-state index contributed by atoms with van der Waals surface area (Å²) in [5, 5.41) is 0.0975. The molecule has 2 aromatic rings. The van der Waals surface area contributed by atoms with E-state index in [2.05, 4.69) is 9.97 Å². The molecule has 3 rings (SSSR count). The second-order valence-electron chi connectivity index (χ2n) is 5.61. The lowest BCUT2D eigenvalue weighted by atomic mass is 10.1. The van der Waals surface area contributed by atoms with Crippen molar-refractivity contribution < 1.29 is 18.3 Å². The Morgan fingerprint density at radius 3 is 2.64 bits per heavy atom. The Hall–Kier alpha value is -2.48. The maximum Gasteiger partial charge on any atom is 0.268 e. The van der Waals surface area contributed by atoms with Crippen LogP contribution in [0.4, 0.5) is 14.6 Å². The van der Waals surface area contributed by atoms with Gasteiger partial charge in [-0.25, -0.2) is 18.7 Å². The van der Waals surface area contributed by atoms with Crippen LogP contribution in [0.15, 0.2) is 24.4 Å². The standard InChI is InChI=1S/C16H15ClF2N4O2/c17-14-16(21-8-12(22-14)15(20)24)23-5-3-10(4-6-23)25-13-2-1-9(18)7-11(13)19/h1-2,7-8,10H,3-6H2,(H2,20,24). The Kier molecular flexibility index (Phi) is 4.98. The number of rotatable bonds is 4. The number of carbonyl (C=O) groups is 1. The van der Waals surface area contributed by atoms with Gasteiger partial charge in [-0.1, -0.05) is 11.6 Å². The highest BCUT2D eigenvalue weighted by Gasteiger charge is 2.24. The van der Waals surface area contributed by atoms with E-state index in [1.165, 1.54) is 12.3 Å². The van der Waals surface area contributed by atoms with Crippen LogP contribution in [-0.4, -0.2) is 35.1 Å². The van der Waals surface area contributed by atoms with E-state index in [1.807, 2.05) is 4.90 Å². The van der Waals surface area contributed by atoms with Crippen LogP contribution in [0.25, 0.3) is 0 Å². The average Bonchev–Trinajstić information content (AvgIpc) is 2.58. The highest BCUT2D eigenvalue weighted by molar-refractivity contribution is 6.31. The molecule has 0 aliphatic carbocycles. The van der Waals surface area contributed by atoms with Crippen molar-refractivity contribution in [2.45, 2.75) is 18.9 Å². The Labute approximate surface area is 147 Å². The van der Waals surface area contributed by atoms with Crippen molar-refractivity contribution in [3.8, 4) is 5.75 Å². The Bertz CT molecular complexity index is 798. The number of carbonyl (C=O) groups excluding carboxylic acids is 1. The zero-order valence-corrected chi connectivity index (χ0v) is 13.8. The zero-order chi connectivity index (χ0) is 18.0. The van der Waals surface area contributed by atoms with Crippen LogP contribution in [0.1, 0.15) is 23.3 Å². The van der Waals surface area contributed by atoms with E-state index in [-0.39, 0.29) is 22.7 Å². The third-order valence-electron chi connectivity index (χ3n) is 3.89. The molecule has 0 atom stereocenters. The molecular weight excluding hydrogens is 354 g/mol. The summed E-state index contributed by atoms with van der Waals surface area (Å²) in [5.41, 5.74) is 5.14. The number of amides is 1. The Morgan fingerprint density at radius 2 is 2.04 bits per heavy atom. The van der Waals surface area contributed by atoms with E-state index in [0.29, 0.717) is 31.7 Å². The molecule has 6 nitrogen and oxygen atoms in total. The molecule has 132 valence electrons. The van der Waals surface area contributed by atoms with Crippen molar-refractivity contribution in [3.63, 3.8) is 0 Å². The molecule has 1 fully saturated rings. The molecule has 1 aromatic carbocycles. The van der Waals surface area contributed by atoms with Crippen molar-refractivity contribution >= 4 is 23.3 Å². The molecule has 0 radical (unpaired) electrons. The molecule has 0 bridgehead atoms. The highest BCUT2D eigenvalue weighted by atomic mass is 35.5. The number of aromatic nitrogens is 2. The van der Waals surface area contributed by atoms with Gasteiger partial charge in [-0.3, -0.25) is 4.79 Å². The molecule has 1 aliphatic rings. The van der Waals surface area contributed by atoms with Crippen LogP contribution < -0.4 is 15.4 Å². The first-order chi connectivity index (χ1) is 11.9. The molecule has 2 heterocycles. The number of nitrogens with zero attached hydrogens (tertiary/aromatic N) is 3. The van der Waals surface area contributed by atoms with Gasteiger partial charge in [-0.05, 0) is 12.1 Å². The van der Waals surface area contributed by atoms with Gasteiger partial charge >= 0.3 is 0 Å². The Morgan fingerprint density at radius 1 is 1.32 bits per heavy atom. The second kappa shape index (κ2) is 7.18. The topological polar surface area (TPSA) is 81.3 Å². The number of hydrogen-bond acceptors (Lipinski definition) is 5. The normalized spacial score (nSPS) is 15.2. The van der Waals surface area contributed by atoms with E-state index >= 15 is 0 Å². The summed E-state index contributed by atoms with van der Waals surface area (Å²) in [4.78, 5) is 21.1. The van der Waals surface area contributed by atoms with Crippen LogP contribution in [0.3, 0.4) is 0 Å². The molecule has 1 aromatic heterocycles. The maximum atomic E-state index is 13.7. The van der Waals surface area contributed by atoms with Crippen LogP contribution in [-0.2, 0) is 0 Å². The van der Waals surface area contributed by atoms with Crippen molar-refractivity contribution in [2.75, 3.05) is 18.0 Å². The third-order valence-corrected chi connectivity index (χ3v) is 4.15. The van der Waals surface area contributed by atoms with Crippen LogP contribution in [0.2, 0.25) is 5.15 Å². The average molecular weight is 369 g/mol. The van der Waals surface area contributed by atoms with E-state index in [1.54, 1.807) is 0 Å². The smallest absolute Gasteiger partial charge is 0.268 e. The lowest BCUT2D eigenvalue weighted by Crippen LogP contribution is -2.39. The summed E-state index contributed by atoms with van der Waals surface area (Å²) in [6.45, 7) is 1.13. The number of benzene rings is 1. The fraction of sp³-hybridized carbons (Fsp3) is 0.312. The van der Waals surface area contributed by atoms with Gasteiger partial charge in [0.05, 0.1) is 6.20 Å². The third kappa shape index (κ3) is 3.96. The van der Waals surface area contributed by atoms with Gasteiger partial charge in [0.1, 0.15) is 17.6 Å². The predicted octanol–water partition coefficient (Wildman–Crippen LogP) is 2.55. The summed E-state index contributed by atoms with van der Waals surface area (Å²) in [5.74, 6) is -1.58. The van der Waals surface area contributed by atoms with Crippen molar-refractivity contribution in [2.24, 2.45) is 5.73 Å². The first kappa shape index (κ1) is 17.3. The van der Waals surface area contributed by atoms with Crippen molar-refractivity contribution in [1.29, 1.82) is 0 Å². The number of anilines is 1. The maximum absolute atomic E-state index is 13.7. The van der Waals surface area contributed by atoms with Crippen molar-refractivity contribution in [1.82, 2.24) is 9.97 Å². The van der Waals surface area contributed by atoms with E-state index < -0.39 is 17.5 Å². The van der Waals surface area contributed by atoms with E-state index in [9.17, 15) is 13.6 Å². The number of halogens is 3. The quantitative estimate of drug-likeness (QED) is 0.897. The minimum atomic E-state index is -0.724. The van der Waals surface area contributed by atoms with Crippen LogP contribution in [0.5, 0.6) is 5.75 Å². The summed E-state index contributed by atoms with van der Waals surface area (Å²) in [7, 11) is 0. The van der Waals surface area contributed by atoms with Gasteiger partial charge in [-0.15, -0.1) is 0 Å². The Balaban J connectivity index is 1.63. The van der Waals surface area contributed by atoms with Crippen LogP contribution in [0, 0.1) is 11.6 Å². The number of ether oxygens (including phenoxy) is 1. The lowest BCUT2D eigenvalue weighted by Gasteiger charge is -2.33. The molecule has 1 saturated heterocycles. The number of piperidine rings is 1. The zero-order valence-electron chi connectivity index (χ0n) is 13.1. The minimum Gasteiger partial charge on any atom is -0.487 e. The van der Waals surface area contributed by atoms with E-state index in [4.69, 9.17) is 22.1 Å². The fourth-order valence-corrected chi connectivity index (χ4v) is 2.89. The predicted molar refractivity (Wildman–Crippen MR) is 87.8 cm³/mol. The molecule has 25 heavy (non-hydrogen) atoms. The molecule has 2 N–H and O–H groups in total. The first-order valence-electron chi connectivity index (χ1n) is 7.63. The highest BCUT2D eigenvalue weighted by Crippen LogP contribution is 2.27.